The van der Waals surface area contributed by atoms with Crippen molar-refractivity contribution in [1.82, 2.24) is 10.2 Å². The predicted octanol–water partition coefficient (Wildman–Crippen LogP) is 2.16. The van der Waals surface area contributed by atoms with Crippen molar-refractivity contribution in [2.24, 2.45) is 0 Å². The highest BCUT2D eigenvalue weighted by atomic mass is 35.5. The van der Waals surface area contributed by atoms with Gasteiger partial charge in [-0.1, -0.05) is 23.7 Å². The molecule has 0 aromatic heterocycles. The van der Waals surface area contributed by atoms with Crippen molar-refractivity contribution in [2.45, 2.75) is 12.8 Å². The van der Waals surface area contributed by atoms with Crippen molar-refractivity contribution in [2.75, 3.05) is 19.6 Å². The lowest BCUT2D eigenvalue weighted by Crippen LogP contribution is -2.32. The Labute approximate surface area is 122 Å². The van der Waals surface area contributed by atoms with Crippen LogP contribution >= 0.6 is 11.6 Å². The van der Waals surface area contributed by atoms with E-state index in [1.54, 1.807) is 24.3 Å². The lowest BCUT2D eigenvalue weighted by Gasteiger charge is -2.20. The smallest absolute Gasteiger partial charge is 0.261 e. The molecule has 1 saturated heterocycles. The van der Waals surface area contributed by atoms with Crippen molar-refractivity contribution in [3.63, 3.8) is 0 Å². The van der Waals surface area contributed by atoms with Gasteiger partial charge in [-0.05, 0) is 37.1 Å². The summed E-state index contributed by atoms with van der Waals surface area (Å²) in [5.41, 5.74) is 2.02. The molecule has 0 unspecified atom stereocenters. The van der Waals surface area contributed by atoms with Gasteiger partial charge in [-0.25, -0.2) is 0 Å². The van der Waals surface area contributed by atoms with Crippen molar-refractivity contribution >= 4 is 23.4 Å². The Morgan fingerprint density at radius 3 is 2.40 bits per heavy atom. The number of carbonyl (C=O) groups is 2. The highest BCUT2D eigenvalue weighted by Crippen LogP contribution is 2.26. The van der Waals surface area contributed by atoms with Crippen LogP contribution in [-0.4, -0.2) is 36.3 Å². The van der Waals surface area contributed by atoms with Crippen LogP contribution in [0.25, 0.3) is 0 Å². The van der Waals surface area contributed by atoms with E-state index in [0.717, 1.165) is 31.5 Å². The van der Waals surface area contributed by atoms with E-state index in [9.17, 15) is 9.59 Å². The Balaban J connectivity index is 1.83. The first-order chi connectivity index (χ1) is 9.68. The van der Waals surface area contributed by atoms with E-state index < -0.39 is 0 Å². The fraction of sp³-hybridized carbons (Fsp3) is 0.333. The van der Waals surface area contributed by atoms with Crippen molar-refractivity contribution in [3.8, 4) is 0 Å². The van der Waals surface area contributed by atoms with Gasteiger partial charge < -0.3 is 5.32 Å². The molecular formula is C15H15ClN2O2. The summed E-state index contributed by atoms with van der Waals surface area (Å²) < 4.78 is 0. The Bertz CT molecular complexity index is 567. The van der Waals surface area contributed by atoms with E-state index in [1.165, 1.54) is 4.90 Å². The predicted molar refractivity (Wildman–Crippen MR) is 76.8 cm³/mol. The summed E-state index contributed by atoms with van der Waals surface area (Å²) in [7, 11) is 0. The molecule has 0 atom stereocenters. The molecule has 1 aromatic carbocycles. The molecule has 20 heavy (non-hydrogen) atoms. The fourth-order valence-electron chi connectivity index (χ4n) is 2.62. The summed E-state index contributed by atoms with van der Waals surface area (Å²) in [6.07, 6.45) is 1.96. The van der Waals surface area contributed by atoms with Crippen molar-refractivity contribution in [1.29, 1.82) is 0 Å². The standard InChI is InChI=1S/C15H15ClN2O2/c16-13(10-4-3-7-17-8-10)9-18-14(19)11-5-1-2-6-12(11)15(18)20/h1-2,5-6,17H,3-4,7-9H2/b13-10+. The molecule has 3 rings (SSSR count). The number of hydrogen-bond acceptors (Lipinski definition) is 3. The van der Waals surface area contributed by atoms with Crippen LogP contribution in [0.15, 0.2) is 34.9 Å². The van der Waals surface area contributed by atoms with Gasteiger partial charge in [0.1, 0.15) is 0 Å². The number of fused-ring (bicyclic) bond motifs is 1. The molecule has 104 valence electrons. The zero-order chi connectivity index (χ0) is 14.1. The number of amides is 2. The van der Waals surface area contributed by atoms with Crippen molar-refractivity contribution < 1.29 is 9.59 Å². The Kier molecular flexibility index (Phi) is 3.59. The molecule has 5 heteroatoms. The SMILES string of the molecule is O=C1c2ccccc2C(=O)N1C/C(Cl)=C1/CCCNC1. The molecule has 2 heterocycles. The molecule has 0 saturated carbocycles. The van der Waals surface area contributed by atoms with Gasteiger partial charge in [0.15, 0.2) is 0 Å². The van der Waals surface area contributed by atoms with E-state index in [2.05, 4.69) is 5.32 Å². The molecule has 0 spiro atoms. The van der Waals surface area contributed by atoms with Gasteiger partial charge in [0, 0.05) is 11.6 Å². The van der Waals surface area contributed by atoms with Crippen LogP contribution in [0.5, 0.6) is 0 Å². The largest absolute Gasteiger partial charge is 0.313 e. The zero-order valence-corrected chi connectivity index (χ0v) is 11.7. The second-order valence-corrected chi connectivity index (χ2v) is 5.49. The van der Waals surface area contributed by atoms with Gasteiger partial charge in [0.05, 0.1) is 17.7 Å². The van der Waals surface area contributed by atoms with Gasteiger partial charge in [-0.2, -0.15) is 0 Å². The third kappa shape index (κ3) is 2.25. The minimum absolute atomic E-state index is 0.172. The van der Waals surface area contributed by atoms with Crippen LogP contribution in [0.4, 0.5) is 0 Å². The van der Waals surface area contributed by atoms with Crippen LogP contribution < -0.4 is 5.32 Å². The number of piperidine rings is 1. The molecular weight excluding hydrogens is 276 g/mol. The summed E-state index contributed by atoms with van der Waals surface area (Å²) in [4.78, 5) is 25.7. The maximum Gasteiger partial charge on any atom is 0.261 e. The second kappa shape index (κ2) is 5.38. The number of nitrogens with one attached hydrogen (secondary N) is 1. The molecule has 1 fully saturated rings. The molecule has 2 aliphatic rings. The maximum absolute atomic E-state index is 12.2. The number of benzene rings is 1. The van der Waals surface area contributed by atoms with Crippen LogP contribution in [0, 0.1) is 0 Å². The second-order valence-electron chi connectivity index (χ2n) is 5.03. The molecule has 0 radical (unpaired) electrons. The first-order valence-electron chi connectivity index (χ1n) is 6.71. The first kappa shape index (κ1) is 13.3. The van der Waals surface area contributed by atoms with Crippen LogP contribution in [-0.2, 0) is 0 Å². The van der Waals surface area contributed by atoms with Crippen LogP contribution in [0.3, 0.4) is 0 Å². The summed E-state index contributed by atoms with van der Waals surface area (Å²) in [6, 6.07) is 6.88. The maximum atomic E-state index is 12.2. The Hall–Kier alpha value is -1.65. The summed E-state index contributed by atoms with van der Waals surface area (Å²) in [5, 5.41) is 3.85. The lowest BCUT2D eigenvalue weighted by atomic mass is 10.1. The number of nitrogens with zero attached hydrogens (tertiary/aromatic N) is 1. The Morgan fingerprint density at radius 2 is 1.85 bits per heavy atom. The Morgan fingerprint density at radius 1 is 1.20 bits per heavy atom. The number of hydrogen-bond donors (Lipinski definition) is 1. The van der Waals surface area contributed by atoms with Gasteiger partial charge in [-0.15, -0.1) is 0 Å². The van der Waals surface area contributed by atoms with E-state index in [-0.39, 0.29) is 18.4 Å². The molecule has 2 aliphatic heterocycles. The minimum atomic E-state index is -0.256. The number of halogens is 1. The number of imide groups is 1. The molecule has 0 aliphatic carbocycles. The first-order valence-corrected chi connectivity index (χ1v) is 7.08. The average Bonchev–Trinajstić information content (AvgIpc) is 2.74. The third-order valence-corrected chi connectivity index (χ3v) is 4.12. The molecule has 0 bridgehead atoms. The fourth-order valence-corrected chi connectivity index (χ4v) is 2.90. The normalized spacial score (nSPS) is 21.1. The number of rotatable bonds is 2. The molecule has 4 nitrogen and oxygen atoms in total. The minimum Gasteiger partial charge on any atom is -0.313 e. The number of carbonyl (C=O) groups excluding carboxylic acids is 2. The molecule has 1 N–H and O–H groups in total. The van der Waals surface area contributed by atoms with Gasteiger partial charge in [0.25, 0.3) is 11.8 Å². The van der Waals surface area contributed by atoms with Gasteiger partial charge in [-0.3, -0.25) is 14.5 Å². The quantitative estimate of drug-likeness (QED) is 0.849. The van der Waals surface area contributed by atoms with E-state index >= 15 is 0 Å². The molecule has 2 amide bonds. The summed E-state index contributed by atoms with van der Waals surface area (Å²) in [6.45, 7) is 1.90. The third-order valence-electron chi connectivity index (χ3n) is 3.73. The van der Waals surface area contributed by atoms with Crippen LogP contribution in [0.1, 0.15) is 33.6 Å². The summed E-state index contributed by atoms with van der Waals surface area (Å²) in [5.74, 6) is -0.513. The van der Waals surface area contributed by atoms with Gasteiger partial charge in [0.2, 0.25) is 0 Å². The van der Waals surface area contributed by atoms with E-state index in [0.29, 0.717) is 16.2 Å². The average molecular weight is 291 g/mol. The zero-order valence-electron chi connectivity index (χ0n) is 11.0. The highest BCUT2D eigenvalue weighted by molar-refractivity contribution is 6.31. The van der Waals surface area contributed by atoms with E-state index in [4.69, 9.17) is 11.6 Å². The van der Waals surface area contributed by atoms with Crippen molar-refractivity contribution in [3.05, 3.63) is 46.0 Å². The van der Waals surface area contributed by atoms with Crippen LogP contribution in [0.2, 0.25) is 0 Å². The molecule has 1 aromatic rings. The monoisotopic (exact) mass is 290 g/mol. The van der Waals surface area contributed by atoms with E-state index in [1.807, 2.05) is 0 Å². The summed E-state index contributed by atoms with van der Waals surface area (Å²) >= 11 is 6.31. The lowest BCUT2D eigenvalue weighted by molar-refractivity contribution is 0.0670. The highest BCUT2D eigenvalue weighted by Gasteiger charge is 2.35. The van der Waals surface area contributed by atoms with Gasteiger partial charge >= 0.3 is 0 Å². The topological polar surface area (TPSA) is 49.4 Å².